The van der Waals surface area contributed by atoms with Crippen LogP contribution in [0.2, 0.25) is 0 Å². The summed E-state index contributed by atoms with van der Waals surface area (Å²) in [6.07, 6.45) is 3.54. The average molecular weight is 432 g/mol. The Morgan fingerprint density at radius 2 is 1.88 bits per heavy atom. The lowest BCUT2D eigenvalue weighted by Crippen LogP contribution is -2.43. The molecule has 10 heteroatoms. The number of ether oxygens (including phenoxy) is 1. The van der Waals surface area contributed by atoms with Crippen molar-refractivity contribution >= 4 is 40.6 Å². The molecule has 2 aliphatic heterocycles. The average Bonchev–Trinajstić information content (AvgIpc) is 2.82. The number of carbonyl (C=O) groups is 1. The fraction of sp³-hybridized carbons (Fsp3) is 0.273. The lowest BCUT2D eigenvalue weighted by atomic mass is 10.2. The minimum Gasteiger partial charge on any atom is -0.482 e. The normalized spacial score (nSPS) is 15.4. The third-order valence-corrected chi connectivity index (χ3v) is 5.29. The zero-order chi connectivity index (χ0) is 21.9. The van der Waals surface area contributed by atoms with Gasteiger partial charge in [0.1, 0.15) is 17.4 Å². The van der Waals surface area contributed by atoms with E-state index in [-0.39, 0.29) is 12.5 Å². The maximum atomic E-state index is 11.6. The van der Waals surface area contributed by atoms with Gasteiger partial charge in [-0.3, -0.25) is 4.79 Å². The van der Waals surface area contributed by atoms with E-state index in [4.69, 9.17) is 4.74 Å². The van der Waals surface area contributed by atoms with Crippen molar-refractivity contribution in [1.29, 1.82) is 0 Å². The zero-order valence-electron chi connectivity index (χ0n) is 17.7. The van der Waals surface area contributed by atoms with Gasteiger partial charge in [0.15, 0.2) is 6.61 Å². The summed E-state index contributed by atoms with van der Waals surface area (Å²) in [4.78, 5) is 27.4. The number of carbonyl (C=O) groups excluding carboxylic acids is 1. The van der Waals surface area contributed by atoms with Gasteiger partial charge in [0.25, 0.3) is 5.91 Å². The lowest BCUT2D eigenvalue weighted by Gasteiger charge is -2.28. The van der Waals surface area contributed by atoms with Crippen molar-refractivity contribution in [1.82, 2.24) is 20.3 Å². The van der Waals surface area contributed by atoms with Gasteiger partial charge in [0.05, 0.1) is 17.6 Å². The van der Waals surface area contributed by atoms with E-state index in [1.807, 2.05) is 37.3 Å². The van der Waals surface area contributed by atoms with Crippen molar-refractivity contribution in [3.63, 3.8) is 0 Å². The molecule has 0 aliphatic carbocycles. The van der Waals surface area contributed by atoms with Crippen LogP contribution in [-0.4, -0.2) is 53.6 Å². The maximum Gasteiger partial charge on any atom is 0.262 e. The van der Waals surface area contributed by atoms with Crippen LogP contribution < -0.4 is 30.9 Å². The van der Waals surface area contributed by atoms with Crippen LogP contribution in [0.15, 0.2) is 42.7 Å². The van der Waals surface area contributed by atoms with Crippen LogP contribution >= 0.6 is 0 Å². The second kappa shape index (κ2) is 8.67. The highest BCUT2D eigenvalue weighted by molar-refractivity contribution is 5.96. The Labute approximate surface area is 185 Å². The van der Waals surface area contributed by atoms with Gasteiger partial charge in [0.2, 0.25) is 5.95 Å². The zero-order valence-corrected chi connectivity index (χ0v) is 17.7. The number of benzene rings is 1. The minimum atomic E-state index is -0.170. The van der Waals surface area contributed by atoms with Crippen molar-refractivity contribution in [3.05, 3.63) is 48.3 Å². The number of anilines is 6. The molecule has 0 bridgehead atoms. The molecular formula is C22H24N8O2. The number of pyridine rings is 1. The van der Waals surface area contributed by atoms with E-state index < -0.39 is 0 Å². The third-order valence-electron chi connectivity index (χ3n) is 5.29. The van der Waals surface area contributed by atoms with Gasteiger partial charge in [-0.05, 0) is 37.3 Å². The van der Waals surface area contributed by atoms with Crippen molar-refractivity contribution in [2.24, 2.45) is 0 Å². The van der Waals surface area contributed by atoms with Crippen molar-refractivity contribution in [2.45, 2.75) is 6.92 Å². The molecule has 4 N–H and O–H groups in total. The largest absolute Gasteiger partial charge is 0.482 e. The van der Waals surface area contributed by atoms with E-state index >= 15 is 0 Å². The molecule has 164 valence electrons. The molecule has 10 nitrogen and oxygen atoms in total. The summed E-state index contributed by atoms with van der Waals surface area (Å²) in [5, 5.41) is 12.7. The number of fused-ring (bicyclic) bond motifs is 1. The van der Waals surface area contributed by atoms with Crippen LogP contribution in [0.3, 0.4) is 0 Å². The molecule has 0 radical (unpaired) electrons. The van der Waals surface area contributed by atoms with Crippen LogP contribution in [0.4, 0.5) is 34.6 Å². The van der Waals surface area contributed by atoms with Gasteiger partial charge >= 0.3 is 0 Å². The fourth-order valence-electron chi connectivity index (χ4n) is 3.60. The smallest absolute Gasteiger partial charge is 0.262 e. The molecular weight excluding hydrogens is 408 g/mol. The molecule has 1 fully saturated rings. The molecule has 2 aliphatic rings. The molecule has 32 heavy (non-hydrogen) atoms. The summed E-state index contributed by atoms with van der Waals surface area (Å²) in [6.45, 7) is 5.81. The third kappa shape index (κ3) is 4.40. The monoisotopic (exact) mass is 432 g/mol. The molecule has 5 rings (SSSR count). The van der Waals surface area contributed by atoms with E-state index in [0.717, 1.165) is 48.9 Å². The van der Waals surface area contributed by atoms with Crippen LogP contribution in [0, 0.1) is 6.92 Å². The molecule has 4 heterocycles. The highest BCUT2D eigenvalue weighted by Crippen LogP contribution is 2.32. The molecule has 1 aromatic carbocycles. The van der Waals surface area contributed by atoms with Crippen LogP contribution in [-0.2, 0) is 4.79 Å². The fourth-order valence-corrected chi connectivity index (χ4v) is 3.60. The minimum absolute atomic E-state index is 0.0326. The molecule has 1 amide bonds. The van der Waals surface area contributed by atoms with Gasteiger partial charge in [-0.1, -0.05) is 0 Å². The van der Waals surface area contributed by atoms with Crippen molar-refractivity contribution < 1.29 is 9.53 Å². The number of nitrogens with one attached hydrogen (secondary N) is 4. The predicted octanol–water partition coefficient (Wildman–Crippen LogP) is 2.41. The first kappa shape index (κ1) is 20.0. The number of amides is 1. The van der Waals surface area contributed by atoms with E-state index in [1.54, 1.807) is 12.4 Å². The van der Waals surface area contributed by atoms with Gasteiger partial charge < -0.3 is 30.9 Å². The summed E-state index contributed by atoms with van der Waals surface area (Å²) in [5.41, 5.74) is 3.12. The number of aromatic nitrogens is 3. The second-order valence-corrected chi connectivity index (χ2v) is 7.67. The number of rotatable bonds is 5. The van der Waals surface area contributed by atoms with E-state index in [0.29, 0.717) is 23.2 Å². The van der Waals surface area contributed by atoms with Crippen molar-refractivity contribution in [2.75, 3.05) is 53.6 Å². The number of hydrogen-bond donors (Lipinski definition) is 4. The van der Waals surface area contributed by atoms with Gasteiger partial charge in [-0.25, -0.2) is 9.97 Å². The Morgan fingerprint density at radius 3 is 2.69 bits per heavy atom. The number of hydrogen-bond acceptors (Lipinski definition) is 9. The van der Waals surface area contributed by atoms with Crippen molar-refractivity contribution in [3.8, 4) is 5.75 Å². The maximum absolute atomic E-state index is 11.6. The first-order chi connectivity index (χ1) is 15.6. The molecule has 0 spiro atoms. The lowest BCUT2D eigenvalue weighted by molar-refractivity contribution is -0.118. The van der Waals surface area contributed by atoms with E-state index in [1.165, 1.54) is 0 Å². The topological polar surface area (TPSA) is 116 Å². The summed E-state index contributed by atoms with van der Waals surface area (Å²) in [6, 6.07) is 9.50. The number of nitrogens with zero attached hydrogens (tertiary/aromatic N) is 4. The van der Waals surface area contributed by atoms with E-state index in [9.17, 15) is 4.79 Å². The highest BCUT2D eigenvalue weighted by Gasteiger charge is 2.16. The summed E-state index contributed by atoms with van der Waals surface area (Å²) in [5.74, 6) is 2.57. The van der Waals surface area contributed by atoms with Gasteiger partial charge in [-0.2, -0.15) is 4.98 Å². The number of aryl methyl sites for hydroxylation is 1. The molecule has 3 aromatic rings. The molecule has 2 aromatic heterocycles. The Bertz CT molecular complexity index is 1130. The first-order valence-electron chi connectivity index (χ1n) is 10.5. The van der Waals surface area contributed by atoms with Gasteiger partial charge in [-0.15, -0.1) is 0 Å². The first-order valence-corrected chi connectivity index (χ1v) is 10.5. The van der Waals surface area contributed by atoms with Crippen LogP contribution in [0.5, 0.6) is 5.75 Å². The Morgan fingerprint density at radius 1 is 1.03 bits per heavy atom. The SMILES string of the molecule is Cc1cnc(Nc2ccc(N3CCNCC3)nc2)nc1Nc1ccc2c(c1)NC(=O)CO2. The molecule has 1 saturated heterocycles. The summed E-state index contributed by atoms with van der Waals surface area (Å²) in [7, 11) is 0. The summed E-state index contributed by atoms with van der Waals surface area (Å²) < 4.78 is 5.41. The van der Waals surface area contributed by atoms with Gasteiger partial charge in [0, 0.05) is 43.6 Å². The standard InChI is InChI=1S/C22H24N8O2/c1-14-11-25-22(27-16-3-5-19(24-12-16)30-8-6-23-7-9-30)29-21(14)26-15-2-4-18-17(10-15)28-20(31)13-32-18/h2-5,10-12,23H,6-9,13H2,1H3,(H,28,31)(H2,25,26,27,29). The molecule has 0 atom stereocenters. The van der Waals surface area contributed by atoms with Crippen LogP contribution in [0.1, 0.15) is 5.56 Å². The Balaban J connectivity index is 1.30. The van der Waals surface area contributed by atoms with Crippen LogP contribution in [0.25, 0.3) is 0 Å². The number of piperazine rings is 1. The quantitative estimate of drug-likeness (QED) is 0.482. The molecule has 0 saturated carbocycles. The highest BCUT2D eigenvalue weighted by atomic mass is 16.5. The Kier molecular flexibility index (Phi) is 5.42. The predicted molar refractivity (Wildman–Crippen MR) is 123 cm³/mol. The summed E-state index contributed by atoms with van der Waals surface area (Å²) >= 11 is 0. The molecule has 0 unspecified atom stereocenters. The second-order valence-electron chi connectivity index (χ2n) is 7.67. The van der Waals surface area contributed by atoms with E-state index in [2.05, 4.69) is 41.1 Å². The Hall–Kier alpha value is -3.92.